The Morgan fingerprint density at radius 1 is 1.24 bits per heavy atom. The summed E-state index contributed by atoms with van der Waals surface area (Å²) in [5.41, 5.74) is 7.55. The van der Waals surface area contributed by atoms with Gasteiger partial charge in [0, 0.05) is 19.1 Å². The summed E-state index contributed by atoms with van der Waals surface area (Å²) >= 11 is 0. The van der Waals surface area contributed by atoms with Crippen LogP contribution in [0.2, 0.25) is 0 Å². The van der Waals surface area contributed by atoms with Gasteiger partial charge in [-0.05, 0) is 37.4 Å². The molecule has 1 aromatic carbocycles. The van der Waals surface area contributed by atoms with Crippen LogP contribution in [0.15, 0.2) is 30.3 Å². The van der Waals surface area contributed by atoms with Crippen molar-refractivity contribution in [2.75, 3.05) is 19.6 Å². The van der Waals surface area contributed by atoms with Gasteiger partial charge in [0.05, 0.1) is 0 Å². The van der Waals surface area contributed by atoms with Gasteiger partial charge in [-0.15, -0.1) is 0 Å². The number of hydrogen-bond donors (Lipinski definition) is 3. The molecule has 0 saturated carbocycles. The molecule has 17 heavy (non-hydrogen) atoms. The van der Waals surface area contributed by atoms with Crippen LogP contribution in [0, 0.1) is 5.92 Å². The Hall–Kier alpha value is -0.900. The van der Waals surface area contributed by atoms with E-state index in [-0.39, 0.29) is 0 Å². The van der Waals surface area contributed by atoms with E-state index in [2.05, 4.69) is 34.9 Å². The lowest BCUT2D eigenvalue weighted by Crippen LogP contribution is -2.44. The van der Waals surface area contributed by atoms with E-state index < -0.39 is 0 Å². The van der Waals surface area contributed by atoms with Crippen LogP contribution in [0.4, 0.5) is 0 Å². The molecule has 1 unspecified atom stereocenters. The molecular formula is C14H23N3. The van der Waals surface area contributed by atoms with E-state index >= 15 is 0 Å². The minimum Gasteiger partial charge on any atom is -0.326 e. The van der Waals surface area contributed by atoms with Crippen LogP contribution in [0.5, 0.6) is 0 Å². The maximum atomic E-state index is 6.22. The molecule has 0 aromatic heterocycles. The summed E-state index contributed by atoms with van der Waals surface area (Å²) in [7, 11) is 0. The first kappa shape index (κ1) is 12.6. The average molecular weight is 233 g/mol. The summed E-state index contributed by atoms with van der Waals surface area (Å²) in [4.78, 5) is 0. The van der Waals surface area contributed by atoms with Crippen molar-refractivity contribution < 1.29 is 0 Å². The molecule has 1 aliphatic rings. The molecule has 3 nitrogen and oxygen atoms in total. The van der Waals surface area contributed by atoms with Crippen molar-refractivity contribution in [2.45, 2.75) is 25.4 Å². The lowest BCUT2D eigenvalue weighted by molar-refractivity contribution is 0.310. The third kappa shape index (κ3) is 4.11. The van der Waals surface area contributed by atoms with Crippen molar-refractivity contribution in [1.29, 1.82) is 0 Å². The van der Waals surface area contributed by atoms with Gasteiger partial charge in [0.1, 0.15) is 0 Å². The Balaban J connectivity index is 1.67. The van der Waals surface area contributed by atoms with Crippen LogP contribution in [0.25, 0.3) is 0 Å². The number of nitrogens with one attached hydrogen (secondary N) is 2. The standard InChI is InChI=1S/C14H23N3/c15-14(13-6-8-16-9-7-13)11-17-10-12-4-2-1-3-5-12/h1-5,13-14,16-17H,6-11,15H2. The fourth-order valence-electron chi connectivity index (χ4n) is 2.42. The SMILES string of the molecule is NC(CNCc1ccccc1)C1CCNCC1. The highest BCUT2D eigenvalue weighted by Crippen LogP contribution is 2.14. The van der Waals surface area contributed by atoms with Gasteiger partial charge in [0.15, 0.2) is 0 Å². The molecule has 0 amide bonds. The van der Waals surface area contributed by atoms with E-state index in [1.807, 2.05) is 6.07 Å². The molecule has 3 heteroatoms. The first-order valence-electron chi connectivity index (χ1n) is 6.57. The highest BCUT2D eigenvalue weighted by atomic mass is 14.9. The molecule has 4 N–H and O–H groups in total. The number of piperidine rings is 1. The van der Waals surface area contributed by atoms with Crippen LogP contribution >= 0.6 is 0 Å². The Morgan fingerprint density at radius 2 is 1.94 bits per heavy atom. The minimum atomic E-state index is 0.292. The smallest absolute Gasteiger partial charge is 0.0206 e. The molecule has 2 rings (SSSR count). The quantitative estimate of drug-likeness (QED) is 0.714. The Labute approximate surface area is 104 Å². The highest BCUT2D eigenvalue weighted by Gasteiger charge is 2.19. The van der Waals surface area contributed by atoms with Gasteiger partial charge >= 0.3 is 0 Å². The molecule has 94 valence electrons. The Morgan fingerprint density at radius 3 is 2.65 bits per heavy atom. The normalized spacial score (nSPS) is 19.1. The molecule has 1 aromatic rings. The fraction of sp³-hybridized carbons (Fsp3) is 0.571. The Bertz CT molecular complexity index is 307. The fourth-order valence-corrected chi connectivity index (χ4v) is 2.42. The second-order valence-electron chi connectivity index (χ2n) is 4.87. The van der Waals surface area contributed by atoms with Crippen LogP contribution in [-0.4, -0.2) is 25.7 Å². The summed E-state index contributed by atoms with van der Waals surface area (Å²) in [5.74, 6) is 0.680. The van der Waals surface area contributed by atoms with E-state index in [9.17, 15) is 0 Å². The lowest BCUT2D eigenvalue weighted by atomic mass is 9.91. The van der Waals surface area contributed by atoms with Crippen LogP contribution in [-0.2, 0) is 6.54 Å². The number of rotatable bonds is 5. The largest absolute Gasteiger partial charge is 0.326 e. The number of hydrogen-bond acceptors (Lipinski definition) is 3. The van der Waals surface area contributed by atoms with E-state index in [1.54, 1.807) is 0 Å². The third-order valence-electron chi connectivity index (χ3n) is 3.54. The molecule has 0 aliphatic carbocycles. The second-order valence-corrected chi connectivity index (χ2v) is 4.87. The molecule has 1 fully saturated rings. The molecule has 1 heterocycles. The maximum absolute atomic E-state index is 6.22. The molecule has 1 atom stereocenters. The van der Waals surface area contributed by atoms with E-state index in [0.29, 0.717) is 12.0 Å². The molecular weight excluding hydrogens is 210 g/mol. The van der Waals surface area contributed by atoms with Gasteiger partial charge in [-0.1, -0.05) is 30.3 Å². The summed E-state index contributed by atoms with van der Waals surface area (Å²) in [6.07, 6.45) is 2.43. The van der Waals surface area contributed by atoms with E-state index in [1.165, 1.54) is 18.4 Å². The number of nitrogens with two attached hydrogens (primary N) is 1. The maximum Gasteiger partial charge on any atom is 0.0206 e. The lowest BCUT2D eigenvalue weighted by Gasteiger charge is -2.28. The van der Waals surface area contributed by atoms with Crippen molar-refractivity contribution >= 4 is 0 Å². The van der Waals surface area contributed by atoms with Crippen LogP contribution in [0.3, 0.4) is 0 Å². The Kier molecular flexibility index (Phi) is 4.98. The van der Waals surface area contributed by atoms with Crippen molar-refractivity contribution in [3.8, 4) is 0 Å². The van der Waals surface area contributed by atoms with Gasteiger partial charge in [-0.3, -0.25) is 0 Å². The van der Waals surface area contributed by atoms with Crippen molar-refractivity contribution in [1.82, 2.24) is 10.6 Å². The van der Waals surface area contributed by atoms with E-state index in [4.69, 9.17) is 5.73 Å². The predicted molar refractivity (Wildman–Crippen MR) is 71.7 cm³/mol. The van der Waals surface area contributed by atoms with Gasteiger partial charge in [0.2, 0.25) is 0 Å². The summed E-state index contributed by atoms with van der Waals surface area (Å²) in [6.45, 7) is 4.08. The van der Waals surface area contributed by atoms with Gasteiger partial charge < -0.3 is 16.4 Å². The summed E-state index contributed by atoms with van der Waals surface area (Å²) in [6, 6.07) is 10.8. The number of benzene rings is 1. The molecule has 0 radical (unpaired) electrons. The van der Waals surface area contributed by atoms with Gasteiger partial charge in [-0.2, -0.15) is 0 Å². The highest BCUT2D eigenvalue weighted by molar-refractivity contribution is 5.14. The van der Waals surface area contributed by atoms with Crippen LogP contribution in [0.1, 0.15) is 18.4 Å². The van der Waals surface area contributed by atoms with Crippen molar-refractivity contribution in [3.05, 3.63) is 35.9 Å². The monoisotopic (exact) mass is 233 g/mol. The topological polar surface area (TPSA) is 50.1 Å². The van der Waals surface area contributed by atoms with E-state index in [0.717, 1.165) is 26.2 Å². The molecule has 1 saturated heterocycles. The van der Waals surface area contributed by atoms with Crippen molar-refractivity contribution in [2.24, 2.45) is 11.7 Å². The first-order chi connectivity index (χ1) is 8.36. The molecule has 1 aliphatic heterocycles. The minimum absolute atomic E-state index is 0.292. The van der Waals surface area contributed by atoms with Crippen molar-refractivity contribution in [3.63, 3.8) is 0 Å². The zero-order valence-corrected chi connectivity index (χ0v) is 10.4. The predicted octanol–water partition coefficient (Wildman–Crippen LogP) is 1.10. The molecule has 0 spiro atoms. The second kappa shape index (κ2) is 6.74. The van der Waals surface area contributed by atoms with Gasteiger partial charge in [-0.25, -0.2) is 0 Å². The molecule has 0 bridgehead atoms. The summed E-state index contributed by atoms with van der Waals surface area (Å²) < 4.78 is 0. The zero-order chi connectivity index (χ0) is 11.9. The summed E-state index contributed by atoms with van der Waals surface area (Å²) in [5, 5.41) is 6.83. The third-order valence-corrected chi connectivity index (χ3v) is 3.54. The average Bonchev–Trinajstić information content (AvgIpc) is 2.41. The van der Waals surface area contributed by atoms with Gasteiger partial charge in [0.25, 0.3) is 0 Å². The van der Waals surface area contributed by atoms with Crippen LogP contribution < -0.4 is 16.4 Å². The first-order valence-corrected chi connectivity index (χ1v) is 6.57. The zero-order valence-electron chi connectivity index (χ0n) is 10.4.